The first-order chi connectivity index (χ1) is 8.22. The van der Waals surface area contributed by atoms with Crippen LogP contribution in [0.3, 0.4) is 0 Å². The third-order valence-electron chi connectivity index (χ3n) is 2.68. The first kappa shape index (κ1) is 9.77. The van der Waals surface area contributed by atoms with Crippen LogP contribution in [0, 0.1) is 0 Å². The van der Waals surface area contributed by atoms with Crippen LogP contribution in [-0.2, 0) is 0 Å². The molecule has 2 heterocycles. The first-order valence-corrected chi connectivity index (χ1v) is 4.98. The SMILES string of the molecule is COc1c2ccoc2nc2c(O)c(O)ccc12. The van der Waals surface area contributed by atoms with Gasteiger partial charge < -0.3 is 19.4 Å². The Hall–Kier alpha value is -2.43. The van der Waals surface area contributed by atoms with Crippen LogP contribution in [0.15, 0.2) is 28.9 Å². The molecule has 5 heteroatoms. The van der Waals surface area contributed by atoms with Crippen molar-refractivity contribution in [1.82, 2.24) is 4.98 Å². The highest BCUT2D eigenvalue weighted by Crippen LogP contribution is 2.40. The summed E-state index contributed by atoms with van der Waals surface area (Å²) in [6, 6.07) is 4.78. The number of methoxy groups -OCH3 is 1. The highest BCUT2D eigenvalue weighted by Gasteiger charge is 2.16. The third kappa shape index (κ3) is 1.22. The Morgan fingerprint density at radius 1 is 1.18 bits per heavy atom. The van der Waals surface area contributed by atoms with E-state index < -0.39 is 0 Å². The summed E-state index contributed by atoms with van der Waals surface area (Å²) in [6.45, 7) is 0. The van der Waals surface area contributed by atoms with Crippen LogP contribution in [0.5, 0.6) is 17.2 Å². The smallest absolute Gasteiger partial charge is 0.230 e. The lowest BCUT2D eigenvalue weighted by molar-refractivity contribution is 0.406. The zero-order valence-corrected chi connectivity index (χ0v) is 8.97. The number of rotatable bonds is 1. The number of furan rings is 1. The molecule has 3 aromatic rings. The molecule has 0 aliphatic carbocycles. The minimum Gasteiger partial charge on any atom is -0.504 e. The lowest BCUT2D eigenvalue weighted by atomic mass is 10.1. The fourth-order valence-corrected chi connectivity index (χ4v) is 1.89. The number of hydrogen-bond acceptors (Lipinski definition) is 5. The topological polar surface area (TPSA) is 75.7 Å². The normalized spacial score (nSPS) is 11.1. The van der Waals surface area contributed by atoms with E-state index in [4.69, 9.17) is 9.15 Å². The maximum absolute atomic E-state index is 9.77. The molecule has 0 bridgehead atoms. The number of ether oxygens (including phenoxy) is 1. The van der Waals surface area contributed by atoms with Crippen molar-refractivity contribution in [2.75, 3.05) is 7.11 Å². The summed E-state index contributed by atoms with van der Waals surface area (Å²) < 4.78 is 10.5. The van der Waals surface area contributed by atoms with E-state index in [-0.39, 0.29) is 17.0 Å². The Morgan fingerprint density at radius 2 is 2.00 bits per heavy atom. The molecule has 2 aromatic heterocycles. The minimum absolute atomic E-state index is 0.224. The van der Waals surface area contributed by atoms with Gasteiger partial charge in [-0.15, -0.1) is 0 Å². The Balaban J connectivity index is 2.58. The van der Waals surface area contributed by atoms with Gasteiger partial charge >= 0.3 is 0 Å². The predicted octanol–water partition coefficient (Wildman–Crippen LogP) is 2.40. The highest BCUT2D eigenvalue weighted by atomic mass is 16.5. The largest absolute Gasteiger partial charge is 0.504 e. The van der Waals surface area contributed by atoms with Gasteiger partial charge in [-0.2, -0.15) is 0 Å². The fraction of sp³-hybridized carbons (Fsp3) is 0.0833. The van der Waals surface area contributed by atoms with Gasteiger partial charge in [-0.25, -0.2) is 4.98 Å². The number of aromatic hydroxyl groups is 2. The van der Waals surface area contributed by atoms with Crippen molar-refractivity contribution in [3.05, 3.63) is 24.5 Å². The van der Waals surface area contributed by atoms with E-state index in [9.17, 15) is 10.2 Å². The van der Waals surface area contributed by atoms with Crippen molar-refractivity contribution in [1.29, 1.82) is 0 Å². The second kappa shape index (κ2) is 3.28. The molecule has 17 heavy (non-hydrogen) atoms. The maximum atomic E-state index is 9.77. The fourth-order valence-electron chi connectivity index (χ4n) is 1.89. The molecule has 0 fully saturated rings. The number of aromatic nitrogens is 1. The molecule has 0 aliphatic heterocycles. The summed E-state index contributed by atoms with van der Waals surface area (Å²) in [5.41, 5.74) is 0.611. The van der Waals surface area contributed by atoms with E-state index >= 15 is 0 Å². The number of phenols is 2. The number of phenolic OH excluding ortho intramolecular Hbond substituents is 2. The van der Waals surface area contributed by atoms with Gasteiger partial charge in [-0.1, -0.05) is 0 Å². The van der Waals surface area contributed by atoms with Gasteiger partial charge in [0.05, 0.1) is 18.8 Å². The zero-order chi connectivity index (χ0) is 12.0. The molecule has 0 saturated carbocycles. The summed E-state index contributed by atoms with van der Waals surface area (Å²) in [5, 5.41) is 20.6. The number of pyridine rings is 1. The summed E-state index contributed by atoms with van der Waals surface area (Å²) in [7, 11) is 1.53. The maximum Gasteiger partial charge on any atom is 0.230 e. The Labute approximate surface area is 95.9 Å². The molecule has 0 radical (unpaired) electrons. The monoisotopic (exact) mass is 231 g/mol. The van der Waals surface area contributed by atoms with Crippen LogP contribution in [0.4, 0.5) is 0 Å². The second-order valence-corrected chi connectivity index (χ2v) is 3.61. The molecule has 3 rings (SSSR count). The van der Waals surface area contributed by atoms with Crippen molar-refractivity contribution in [2.45, 2.75) is 0 Å². The quantitative estimate of drug-likeness (QED) is 0.629. The molecule has 2 N–H and O–H groups in total. The van der Waals surface area contributed by atoms with E-state index in [1.807, 2.05) is 0 Å². The van der Waals surface area contributed by atoms with Crippen molar-refractivity contribution >= 4 is 22.0 Å². The molecule has 0 aliphatic rings. The van der Waals surface area contributed by atoms with Crippen LogP contribution >= 0.6 is 0 Å². The van der Waals surface area contributed by atoms with Crippen molar-refractivity contribution in [3.8, 4) is 17.2 Å². The van der Waals surface area contributed by atoms with Gasteiger partial charge in [-0.3, -0.25) is 0 Å². The Bertz CT molecular complexity index is 717. The van der Waals surface area contributed by atoms with Gasteiger partial charge in [-0.05, 0) is 18.2 Å². The van der Waals surface area contributed by atoms with Gasteiger partial charge in [0.2, 0.25) is 5.71 Å². The first-order valence-electron chi connectivity index (χ1n) is 4.98. The molecule has 5 nitrogen and oxygen atoms in total. The van der Waals surface area contributed by atoms with Crippen LogP contribution in [0.25, 0.3) is 22.0 Å². The van der Waals surface area contributed by atoms with E-state index in [1.54, 1.807) is 12.1 Å². The van der Waals surface area contributed by atoms with Gasteiger partial charge in [0.1, 0.15) is 11.3 Å². The lowest BCUT2D eigenvalue weighted by Crippen LogP contribution is -1.89. The molecule has 86 valence electrons. The average Bonchev–Trinajstić information content (AvgIpc) is 2.79. The summed E-state index contributed by atoms with van der Waals surface area (Å²) in [6.07, 6.45) is 1.50. The van der Waals surface area contributed by atoms with Crippen molar-refractivity contribution in [3.63, 3.8) is 0 Å². The summed E-state index contributed by atoms with van der Waals surface area (Å²) >= 11 is 0. The predicted molar refractivity (Wildman–Crippen MR) is 61.4 cm³/mol. The van der Waals surface area contributed by atoms with Crippen molar-refractivity contribution < 1.29 is 19.4 Å². The van der Waals surface area contributed by atoms with Crippen molar-refractivity contribution in [2.24, 2.45) is 0 Å². The summed E-state index contributed by atoms with van der Waals surface area (Å²) in [5.74, 6) is 0.0612. The molecule has 0 spiro atoms. The van der Waals surface area contributed by atoms with Gasteiger partial charge in [0, 0.05) is 5.39 Å². The van der Waals surface area contributed by atoms with Gasteiger partial charge in [0.25, 0.3) is 0 Å². The summed E-state index contributed by atoms with van der Waals surface area (Å²) in [4.78, 5) is 4.15. The average molecular weight is 231 g/mol. The van der Waals surface area contributed by atoms with Crippen LogP contribution in [0.2, 0.25) is 0 Å². The van der Waals surface area contributed by atoms with Gasteiger partial charge in [0.15, 0.2) is 11.5 Å². The standard InChI is InChI=1S/C12H9NO4/c1-16-11-6-2-3-8(14)10(15)9(6)13-12-7(11)4-5-17-12/h2-5,14-15H,1H3. The molecule has 1 aromatic carbocycles. The number of fused-ring (bicyclic) bond motifs is 2. The van der Waals surface area contributed by atoms with E-state index in [1.165, 1.54) is 19.4 Å². The zero-order valence-electron chi connectivity index (χ0n) is 8.97. The highest BCUT2D eigenvalue weighted by molar-refractivity contribution is 6.02. The minimum atomic E-state index is -0.279. The molecule has 0 atom stereocenters. The molecular weight excluding hydrogens is 222 g/mol. The van der Waals surface area contributed by atoms with Crippen LogP contribution in [-0.4, -0.2) is 22.3 Å². The molecule has 0 amide bonds. The second-order valence-electron chi connectivity index (χ2n) is 3.61. The van der Waals surface area contributed by atoms with E-state index in [0.29, 0.717) is 16.8 Å². The van der Waals surface area contributed by atoms with E-state index in [0.717, 1.165) is 5.39 Å². The van der Waals surface area contributed by atoms with E-state index in [2.05, 4.69) is 4.98 Å². The molecule has 0 saturated heterocycles. The molecule has 0 unspecified atom stereocenters. The lowest BCUT2D eigenvalue weighted by Gasteiger charge is -2.07. The van der Waals surface area contributed by atoms with Crippen LogP contribution in [0.1, 0.15) is 0 Å². The number of hydrogen-bond donors (Lipinski definition) is 2. The Morgan fingerprint density at radius 3 is 2.76 bits per heavy atom. The third-order valence-corrected chi connectivity index (χ3v) is 2.68. The molecular formula is C12H9NO4. The van der Waals surface area contributed by atoms with Crippen LogP contribution < -0.4 is 4.74 Å². The number of nitrogens with zero attached hydrogens (tertiary/aromatic N) is 1. The Kier molecular flexibility index (Phi) is 1.89. The number of benzene rings is 1.